The summed E-state index contributed by atoms with van der Waals surface area (Å²) < 4.78 is 5.07. The zero-order valence-electron chi connectivity index (χ0n) is 6.68. The Kier molecular flexibility index (Phi) is 3.16. The molecule has 0 saturated heterocycles. The van der Waals surface area contributed by atoms with E-state index >= 15 is 0 Å². The van der Waals surface area contributed by atoms with Crippen molar-refractivity contribution < 1.29 is 4.74 Å². The van der Waals surface area contributed by atoms with Crippen LogP contribution in [0.25, 0.3) is 0 Å². The molecule has 2 nitrogen and oxygen atoms in total. The maximum atomic E-state index is 5.80. The van der Waals surface area contributed by atoms with E-state index in [0.29, 0.717) is 6.04 Å². The highest BCUT2D eigenvalue weighted by molar-refractivity contribution is 4.74. The summed E-state index contributed by atoms with van der Waals surface area (Å²) in [5.74, 6) is 0.730. The molecule has 0 aromatic carbocycles. The molecule has 0 aliphatic heterocycles. The van der Waals surface area contributed by atoms with E-state index in [1.165, 1.54) is 19.3 Å². The zero-order valence-corrected chi connectivity index (χ0v) is 6.68. The molecule has 1 saturated carbocycles. The lowest BCUT2D eigenvalue weighted by Gasteiger charge is -2.25. The van der Waals surface area contributed by atoms with Crippen molar-refractivity contribution in [3.63, 3.8) is 0 Å². The second kappa shape index (κ2) is 3.94. The average molecular weight is 143 g/mol. The number of rotatable bonds is 2. The van der Waals surface area contributed by atoms with E-state index in [2.05, 4.69) is 0 Å². The van der Waals surface area contributed by atoms with Crippen molar-refractivity contribution in [3.05, 3.63) is 0 Å². The SMILES string of the molecule is COCC1CCCC(N)C1. The second-order valence-electron chi connectivity index (χ2n) is 3.25. The number of nitrogens with two attached hydrogens (primary N) is 1. The molecule has 2 heteroatoms. The molecule has 1 rings (SSSR count). The molecule has 0 aromatic rings. The largest absolute Gasteiger partial charge is 0.384 e. The Morgan fingerprint density at radius 3 is 2.90 bits per heavy atom. The van der Waals surface area contributed by atoms with Crippen LogP contribution in [0.2, 0.25) is 0 Å². The molecule has 10 heavy (non-hydrogen) atoms. The van der Waals surface area contributed by atoms with Crippen molar-refractivity contribution in [1.29, 1.82) is 0 Å². The fourth-order valence-electron chi connectivity index (χ4n) is 1.72. The van der Waals surface area contributed by atoms with Gasteiger partial charge in [-0.2, -0.15) is 0 Å². The van der Waals surface area contributed by atoms with E-state index in [4.69, 9.17) is 10.5 Å². The van der Waals surface area contributed by atoms with Crippen LogP contribution in [0.5, 0.6) is 0 Å². The van der Waals surface area contributed by atoms with Gasteiger partial charge < -0.3 is 10.5 Å². The molecule has 0 spiro atoms. The van der Waals surface area contributed by atoms with Gasteiger partial charge in [0.1, 0.15) is 0 Å². The molecule has 60 valence electrons. The summed E-state index contributed by atoms with van der Waals surface area (Å²) in [6.45, 7) is 0.897. The highest BCUT2D eigenvalue weighted by Gasteiger charge is 2.18. The molecule has 1 fully saturated rings. The number of hydrogen-bond donors (Lipinski definition) is 1. The molecule has 0 bridgehead atoms. The van der Waals surface area contributed by atoms with Crippen LogP contribution in [-0.2, 0) is 4.74 Å². The first-order chi connectivity index (χ1) is 4.83. The minimum atomic E-state index is 0.439. The van der Waals surface area contributed by atoms with Crippen LogP contribution in [0.15, 0.2) is 0 Å². The molecular formula is C8H17NO. The Balaban J connectivity index is 2.18. The Bertz CT molecular complexity index is 93.3. The third-order valence-electron chi connectivity index (χ3n) is 2.23. The maximum Gasteiger partial charge on any atom is 0.0491 e. The highest BCUT2D eigenvalue weighted by Crippen LogP contribution is 2.22. The quantitative estimate of drug-likeness (QED) is 0.629. The van der Waals surface area contributed by atoms with Crippen LogP contribution in [0.1, 0.15) is 25.7 Å². The third-order valence-corrected chi connectivity index (χ3v) is 2.23. The molecule has 0 heterocycles. The number of ether oxygens (including phenoxy) is 1. The van der Waals surface area contributed by atoms with Crippen LogP contribution >= 0.6 is 0 Å². The average Bonchev–Trinajstić information content (AvgIpc) is 1.88. The van der Waals surface area contributed by atoms with Crippen molar-refractivity contribution in [2.45, 2.75) is 31.7 Å². The van der Waals surface area contributed by atoms with E-state index in [9.17, 15) is 0 Å². The topological polar surface area (TPSA) is 35.2 Å². The maximum absolute atomic E-state index is 5.80. The van der Waals surface area contributed by atoms with Crippen molar-refractivity contribution in [1.82, 2.24) is 0 Å². The van der Waals surface area contributed by atoms with Crippen LogP contribution < -0.4 is 5.73 Å². The summed E-state index contributed by atoms with van der Waals surface area (Å²) >= 11 is 0. The van der Waals surface area contributed by atoms with Crippen molar-refractivity contribution in [3.8, 4) is 0 Å². The molecule has 1 aliphatic carbocycles. The Labute approximate surface area is 62.7 Å². The summed E-state index contributed by atoms with van der Waals surface area (Å²) in [5, 5.41) is 0. The van der Waals surface area contributed by atoms with E-state index in [0.717, 1.165) is 18.9 Å². The lowest BCUT2D eigenvalue weighted by molar-refractivity contribution is 0.126. The van der Waals surface area contributed by atoms with Gasteiger partial charge in [0.25, 0.3) is 0 Å². The fraction of sp³-hybridized carbons (Fsp3) is 1.00. The molecule has 0 aromatic heterocycles. The minimum absolute atomic E-state index is 0.439. The monoisotopic (exact) mass is 143 g/mol. The summed E-state index contributed by atoms with van der Waals surface area (Å²) in [4.78, 5) is 0. The normalized spacial score (nSPS) is 34.2. The predicted octanol–water partition coefficient (Wildman–Crippen LogP) is 1.15. The third kappa shape index (κ3) is 2.27. The summed E-state index contributed by atoms with van der Waals surface area (Å²) in [6, 6.07) is 0.439. The van der Waals surface area contributed by atoms with Gasteiger partial charge in [-0.05, 0) is 25.2 Å². The molecule has 0 amide bonds. The molecular weight excluding hydrogens is 126 g/mol. The van der Waals surface area contributed by atoms with Gasteiger partial charge in [-0.25, -0.2) is 0 Å². The minimum Gasteiger partial charge on any atom is -0.384 e. The van der Waals surface area contributed by atoms with E-state index in [1.54, 1.807) is 7.11 Å². The van der Waals surface area contributed by atoms with Gasteiger partial charge in [-0.15, -0.1) is 0 Å². The highest BCUT2D eigenvalue weighted by atomic mass is 16.5. The smallest absolute Gasteiger partial charge is 0.0491 e. The van der Waals surface area contributed by atoms with Crippen LogP contribution in [0, 0.1) is 5.92 Å². The molecule has 2 unspecified atom stereocenters. The van der Waals surface area contributed by atoms with Gasteiger partial charge in [0.2, 0.25) is 0 Å². The van der Waals surface area contributed by atoms with E-state index in [-0.39, 0.29) is 0 Å². The van der Waals surface area contributed by atoms with Gasteiger partial charge >= 0.3 is 0 Å². The number of hydrogen-bond acceptors (Lipinski definition) is 2. The first-order valence-electron chi connectivity index (χ1n) is 4.07. The van der Waals surface area contributed by atoms with Gasteiger partial charge in [-0.3, -0.25) is 0 Å². The number of methoxy groups -OCH3 is 1. The first-order valence-corrected chi connectivity index (χ1v) is 4.07. The lowest BCUT2D eigenvalue weighted by atomic mass is 9.87. The summed E-state index contributed by atoms with van der Waals surface area (Å²) in [6.07, 6.45) is 4.96. The molecule has 1 aliphatic rings. The van der Waals surface area contributed by atoms with E-state index in [1.807, 2.05) is 0 Å². The Morgan fingerprint density at radius 2 is 2.30 bits per heavy atom. The van der Waals surface area contributed by atoms with Crippen LogP contribution in [-0.4, -0.2) is 19.8 Å². The van der Waals surface area contributed by atoms with Gasteiger partial charge in [0.05, 0.1) is 0 Å². The van der Waals surface area contributed by atoms with Crippen molar-refractivity contribution >= 4 is 0 Å². The predicted molar refractivity (Wildman–Crippen MR) is 41.8 cm³/mol. The molecule has 0 radical (unpaired) electrons. The molecule has 2 atom stereocenters. The molecule has 2 N–H and O–H groups in total. The summed E-state index contributed by atoms with van der Waals surface area (Å²) in [7, 11) is 1.76. The standard InChI is InChI=1S/C8H17NO/c1-10-6-7-3-2-4-8(9)5-7/h7-8H,2-6,9H2,1H3. The summed E-state index contributed by atoms with van der Waals surface area (Å²) in [5.41, 5.74) is 5.80. The first kappa shape index (κ1) is 8.02. The van der Waals surface area contributed by atoms with Crippen LogP contribution in [0.3, 0.4) is 0 Å². The zero-order chi connectivity index (χ0) is 7.40. The van der Waals surface area contributed by atoms with Crippen LogP contribution in [0.4, 0.5) is 0 Å². The second-order valence-corrected chi connectivity index (χ2v) is 3.25. The van der Waals surface area contributed by atoms with Gasteiger partial charge in [0.15, 0.2) is 0 Å². The van der Waals surface area contributed by atoms with E-state index < -0.39 is 0 Å². The Hall–Kier alpha value is -0.0800. The lowest BCUT2D eigenvalue weighted by Crippen LogP contribution is -2.29. The van der Waals surface area contributed by atoms with Gasteiger partial charge in [0, 0.05) is 19.8 Å². The Morgan fingerprint density at radius 1 is 1.50 bits per heavy atom. The fourth-order valence-corrected chi connectivity index (χ4v) is 1.72. The van der Waals surface area contributed by atoms with Crippen molar-refractivity contribution in [2.75, 3.05) is 13.7 Å². The van der Waals surface area contributed by atoms with Gasteiger partial charge in [-0.1, -0.05) is 6.42 Å². The van der Waals surface area contributed by atoms with Crippen molar-refractivity contribution in [2.24, 2.45) is 11.7 Å².